The molecule has 94 valence electrons. The van der Waals surface area contributed by atoms with Crippen LogP contribution in [0.25, 0.3) is 0 Å². The molecule has 0 saturated carbocycles. The molecule has 17 heavy (non-hydrogen) atoms. The summed E-state index contributed by atoms with van der Waals surface area (Å²) < 4.78 is 44.2. The van der Waals surface area contributed by atoms with Crippen LogP contribution in [0.5, 0.6) is 5.88 Å². The van der Waals surface area contributed by atoms with E-state index in [1.807, 2.05) is 0 Å². The number of ether oxygens (including phenoxy) is 2. The Morgan fingerprint density at radius 3 is 2.71 bits per heavy atom. The van der Waals surface area contributed by atoms with Crippen LogP contribution in [0.3, 0.4) is 0 Å². The Kier molecular flexibility index (Phi) is 4.07. The Labute approximate surface area is 93.6 Å². The minimum atomic E-state index is -4.46. The van der Waals surface area contributed by atoms with Crippen molar-refractivity contribution < 1.29 is 27.4 Å². The molecule has 0 fully saturated rings. The highest BCUT2D eigenvalue weighted by Crippen LogP contribution is 2.18. The van der Waals surface area contributed by atoms with Crippen molar-refractivity contribution in [2.24, 2.45) is 0 Å². The van der Waals surface area contributed by atoms with E-state index < -0.39 is 12.8 Å². The van der Waals surface area contributed by atoms with Gasteiger partial charge in [0.2, 0.25) is 5.88 Å². The summed E-state index contributed by atoms with van der Waals surface area (Å²) in [5.41, 5.74) is 5.51. The highest BCUT2D eigenvalue weighted by molar-refractivity contribution is 5.40. The second-order valence-electron chi connectivity index (χ2n) is 2.85. The summed E-state index contributed by atoms with van der Waals surface area (Å²) >= 11 is 0. The largest absolute Gasteiger partial charge is 0.467 e. The summed E-state index contributed by atoms with van der Waals surface area (Å²) in [6.07, 6.45) is -3.50. The number of rotatable bonds is 5. The fourth-order valence-corrected chi connectivity index (χ4v) is 0.861. The number of halogens is 3. The Morgan fingerprint density at radius 1 is 1.47 bits per heavy atom. The van der Waals surface area contributed by atoms with Crippen molar-refractivity contribution in [2.45, 2.75) is 12.8 Å². The van der Waals surface area contributed by atoms with E-state index in [1.165, 1.54) is 0 Å². The molecule has 9 heteroatoms. The van der Waals surface area contributed by atoms with Gasteiger partial charge in [-0.2, -0.15) is 18.2 Å². The number of carbonyl (C=O) groups excluding carboxylic acids is 1. The van der Waals surface area contributed by atoms with Gasteiger partial charge >= 0.3 is 6.18 Å². The standard InChI is InChI=1S/C8H8F3N3O3/c9-8(10,11)3-17-6-1-13-5(2-16-4-15)7(12)14-6/h1,4H,2-3H2,(H2,12,14). The summed E-state index contributed by atoms with van der Waals surface area (Å²) in [5, 5.41) is 0. The minimum absolute atomic E-state index is 0.136. The highest BCUT2D eigenvalue weighted by Gasteiger charge is 2.28. The van der Waals surface area contributed by atoms with E-state index in [0.29, 0.717) is 0 Å². The normalized spacial score (nSPS) is 11.0. The summed E-state index contributed by atoms with van der Waals surface area (Å²) in [6.45, 7) is -1.50. The first-order valence-corrected chi connectivity index (χ1v) is 4.28. The predicted molar refractivity (Wildman–Crippen MR) is 48.8 cm³/mol. The lowest BCUT2D eigenvalue weighted by atomic mass is 10.4. The van der Waals surface area contributed by atoms with E-state index >= 15 is 0 Å². The van der Waals surface area contributed by atoms with Gasteiger partial charge in [0.15, 0.2) is 12.4 Å². The number of carbonyl (C=O) groups is 1. The fourth-order valence-electron chi connectivity index (χ4n) is 0.861. The third-order valence-corrected chi connectivity index (χ3v) is 1.53. The van der Waals surface area contributed by atoms with Gasteiger partial charge in [0.1, 0.15) is 12.3 Å². The van der Waals surface area contributed by atoms with E-state index in [9.17, 15) is 18.0 Å². The van der Waals surface area contributed by atoms with Crippen LogP contribution in [-0.2, 0) is 16.1 Å². The van der Waals surface area contributed by atoms with E-state index in [1.54, 1.807) is 0 Å². The molecule has 1 aromatic rings. The van der Waals surface area contributed by atoms with Crippen LogP contribution >= 0.6 is 0 Å². The number of hydrogen-bond acceptors (Lipinski definition) is 6. The maximum absolute atomic E-state index is 11.8. The zero-order chi connectivity index (χ0) is 12.9. The first-order valence-electron chi connectivity index (χ1n) is 4.28. The van der Waals surface area contributed by atoms with Crippen LogP contribution in [0.2, 0.25) is 0 Å². The summed E-state index contributed by atoms with van der Waals surface area (Å²) in [7, 11) is 0. The quantitative estimate of drug-likeness (QED) is 0.774. The third-order valence-electron chi connectivity index (χ3n) is 1.53. The van der Waals surface area contributed by atoms with Gasteiger partial charge < -0.3 is 15.2 Å². The van der Waals surface area contributed by atoms with Crippen molar-refractivity contribution in [1.29, 1.82) is 0 Å². The van der Waals surface area contributed by atoms with E-state index in [4.69, 9.17) is 5.73 Å². The molecule has 0 aliphatic heterocycles. The van der Waals surface area contributed by atoms with Gasteiger partial charge in [-0.05, 0) is 0 Å². The topological polar surface area (TPSA) is 87.3 Å². The van der Waals surface area contributed by atoms with Crippen LogP contribution in [0, 0.1) is 0 Å². The van der Waals surface area contributed by atoms with Crippen molar-refractivity contribution >= 4 is 12.3 Å². The molecule has 2 N–H and O–H groups in total. The smallest absolute Gasteiger partial charge is 0.422 e. The number of hydrogen-bond donors (Lipinski definition) is 1. The van der Waals surface area contributed by atoms with Crippen LogP contribution in [0.4, 0.5) is 19.0 Å². The van der Waals surface area contributed by atoms with Crippen LogP contribution < -0.4 is 10.5 Å². The molecule has 6 nitrogen and oxygen atoms in total. The molecular weight excluding hydrogens is 243 g/mol. The molecule has 0 aliphatic rings. The monoisotopic (exact) mass is 251 g/mol. The Morgan fingerprint density at radius 2 is 2.18 bits per heavy atom. The highest BCUT2D eigenvalue weighted by atomic mass is 19.4. The molecule has 0 bridgehead atoms. The maximum atomic E-state index is 11.8. The SMILES string of the molecule is Nc1nc(OCC(F)(F)F)cnc1COC=O. The molecular formula is C8H8F3N3O3. The number of nitrogens with zero attached hydrogens (tertiary/aromatic N) is 2. The lowest BCUT2D eigenvalue weighted by Crippen LogP contribution is -2.20. The molecule has 0 amide bonds. The van der Waals surface area contributed by atoms with Crippen molar-refractivity contribution in [2.75, 3.05) is 12.3 Å². The van der Waals surface area contributed by atoms with Crippen molar-refractivity contribution in [3.8, 4) is 5.88 Å². The number of nitrogens with two attached hydrogens (primary N) is 1. The molecule has 0 saturated heterocycles. The minimum Gasteiger partial charge on any atom is -0.467 e. The maximum Gasteiger partial charge on any atom is 0.422 e. The molecule has 0 radical (unpaired) electrons. The lowest BCUT2D eigenvalue weighted by molar-refractivity contribution is -0.154. The van der Waals surface area contributed by atoms with Gasteiger partial charge in [-0.15, -0.1) is 0 Å². The fraction of sp³-hybridized carbons (Fsp3) is 0.375. The van der Waals surface area contributed by atoms with Crippen molar-refractivity contribution in [3.05, 3.63) is 11.9 Å². The molecule has 1 rings (SSSR count). The molecule has 0 aromatic carbocycles. The molecule has 0 spiro atoms. The van der Waals surface area contributed by atoms with Gasteiger partial charge in [0.05, 0.1) is 6.20 Å². The number of anilines is 1. The predicted octanol–water partition coefficient (Wildman–Crippen LogP) is 0.673. The average molecular weight is 251 g/mol. The average Bonchev–Trinajstić information content (AvgIpc) is 2.24. The Hall–Kier alpha value is -2.06. The van der Waals surface area contributed by atoms with Gasteiger partial charge in [-0.25, -0.2) is 4.98 Å². The number of nitrogen functional groups attached to an aromatic ring is 1. The van der Waals surface area contributed by atoms with Crippen molar-refractivity contribution in [1.82, 2.24) is 9.97 Å². The molecule has 0 unspecified atom stereocenters. The Balaban J connectivity index is 2.65. The second kappa shape index (κ2) is 5.32. The van der Waals surface area contributed by atoms with Gasteiger partial charge in [-0.1, -0.05) is 0 Å². The summed E-state index contributed by atoms with van der Waals surface area (Å²) in [6, 6.07) is 0. The Bertz CT molecular complexity index is 397. The van der Waals surface area contributed by atoms with Gasteiger partial charge in [0.25, 0.3) is 6.47 Å². The zero-order valence-corrected chi connectivity index (χ0v) is 8.40. The van der Waals surface area contributed by atoms with Gasteiger partial charge in [0, 0.05) is 0 Å². The molecule has 0 aliphatic carbocycles. The summed E-state index contributed by atoms with van der Waals surface area (Å²) in [5.74, 6) is -0.513. The van der Waals surface area contributed by atoms with Gasteiger partial charge in [-0.3, -0.25) is 4.79 Å². The van der Waals surface area contributed by atoms with E-state index in [2.05, 4.69) is 19.4 Å². The van der Waals surface area contributed by atoms with E-state index in [-0.39, 0.29) is 30.5 Å². The first-order chi connectivity index (χ1) is 7.92. The zero-order valence-electron chi connectivity index (χ0n) is 8.40. The third kappa shape index (κ3) is 4.53. The van der Waals surface area contributed by atoms with E-state index in [0.717, 1.165) is 6.20 Å². The molecule has 0 atom stereocenters. The summed E-state index contributed by atoms with van der Waals surface area (Å²) in [4.78, 5) is 17.1. The lowest BCUT2D eigenvalue weighted by Gasteiger charge is -2.09. The number of alkyl halides is 3. The number of aromatic nitrogens is 2. The molecule has 1 heterocycles. The van der Waals surface area contributed by atoms with Crippen LogP contribution in [0.15, 0.2) is 6.20 Å². The first kappa shape index (κ1) is 13.0. The second-order valence-corrected chi connectivity index (χ2v) is 2.85. The van der Waals surface area contributed by atoms with Crippen LogP contribution in [-0.4, -0.2) is 29.2 Å². The van der Waals surface area contributed by atoms with Crippen molar-refractivity contribution in [3.63, 3.8) is 0 Å². The van der Waals surface area contributed by atoms with Crippen LogP contribution in [0.1, 0.15) is 5.69 Å². The molecule has 1 aromatic heterocycles.